The van der Waals surface area contributed by atoms with Crippen LogP contribution < -0.4 is 0 Å². The van der Waals surface area contributed by atoms with Gasteiger partial charge in [0.1, 0.15) is 0 Å². The summed E-state index contributed by atoms with van der Waals surface area (Å²) in [5.41, 5.74) is -9.16. The molecule has 36 heavy (non-hydrogen) atoms. The minimum absolute atomic E-state index is 0.0276. The van der Waals surface area contributed by atoms with Gasteiger partial charge < -0.3 is 0 Å². The average Bonchev–Trinajstić information content (AvgIpc) is 2.69. The van der Waals surface area contributed by atoms with Gasteiger partial charge in [-0.2, -0.15) is 52.7 Å². The molecule has 198 valence electrons. The van der Waals surface area contributed by atoms with Crippen molar-refractivity contribution >= 4 is 79.7 Å². The topological polar surface area (TPSA) is 0 Å². The van der Waals surface area contributed by atoms with E-state index in [1.54, 1.807) is 0 Å². The Labute approximate surface area is 223 Å². The molecule has 0 unspecified atom stereocenters. The third-order valence-electron chi connectivity index (χ3n) is 4.18. The molecule has 0 atom stereocenters. The number of thiol groups is 2. The Balaban J connectivity index is 2.86. The first-order valence-electron chi connectivity index (χ1n) is 8.50. The third kappa shape index (κ3) is 7.18. The molecule has 2 rings (SSSR count). The summed E-state index contributed by atoms with van der Waals surface area (Å²) in [6.45, 7) is 0. The molecule has 0 heterocycles. The van der Waals surface area contributed by atoms with E-state index in [4.69, 9.17) is 12.2 Å². The van der Waals surface area contributed by atoms with E-state index in [0.717, 1.165) is 0 Å². The van der Waals surface area contributed by atoms with Crippen LogP contribution in [-0.2, 0) is 24.7 Å². The van der Waals surface area contributed by atoms with Crippen molar-refractivity contribution in [3.8, 4) is 0 Å². The maximum Gasteiger partial charge on any atom is 0.417 e. The molecule has 0 nitrogen and oxygen atoms in total. The predicted octanol–water partition coefficient (Wildman–Crippen LogP) is 9.77. The minimum atomic E-state index is -5.45. The highest BCUT2D eigenvalue weighted by atomic mass is 33.1. The summed E-state index contributed by atoms with van der Waals surface area (Å²) in [6, 6.07) is -0.0961. The number of hydrogen-bond acceptors (Lipinski definition) is 5. The van der Waals surface area contributed by atoms with Crippen LogP contribution >= 0.6 is 71.3 Å². The summed E-state index contributed by atoms with van der Waals surface area (Å²) >= 11 is 16.6. The maximum atomic E-state index is 13.7. The first kappa shape index (κ1) is 31.4. The van der Waals surface area contributed by atoms with Gasteiger partial charge in [-0.25, -0.2) is 0 Å². The van der Waals surface area contributed by atoms with E-state index >= 15 is 0 Å². The lowest BCUT2D eigenvalue weighted by atomic mass is 10.0. The second kappa shape index (κ2) is 10.7. The van der Waals surface area contributed by atoms with Gasteiger partial charge in [0.15, 0.2) is 0 Å². The molecular weight excluding hydrogens is 637 g/mol. The van der Waals surface area contributed by atoms with Crippen molar-refractivity contribution in [2.45, 2.75) is 34.5 Å². The van der Waals surface area contributed by atoms with Gasteiger partial charge in [0, 0.05) is 20.9 Å². The molecule has 0 aliphatic rings. The number of halogens is 12. The monoisotopic (exact) mass is 642 g/mol. The van der Waals surface area contributed by atoms with Crippen LogP contribution in [0.2, 0.25) is 0 Å². The van der Waals surface area contributed by atoms with Crippen LogP contribution in [0.4, 0.5) is 52.7 Å². The fraction of sp³-hybridized carbons (Fsp3) is 0.222. The molecule has 0 fully saturated rings. The first-order chi connectivity index (χ1) is 16.1. The number of benzene rings is 2. The molecule has 18 heteroatoms. The second-order valence-corrected chi connectivity index (χ2v) is 10.6. The zero-order chi connectivity index (χ0) is 28.0. The van der Waals surface area contributed by atoms with Crippen LogP contribution in [0.15, 0.2) is 34.1 Å². The normalized spacial score (nSPS) is 13.2. The minimum Gasteiger partial charge on any atom is -0.166 e. The van der Waals surface area contributed by atoms with E-state index < -0.39 is 76.3 Å². The summed E-state index contributed by atoms with van der Waals surface area (Å²) in [5, 5.41) is 0. The fourth-order valence-corrected chi connectivity index (χ4v) is 5.82. The molecule has 0 N–H and O–H groups in total. The Morgan fingerprint density at radius 1 is 0.611 bits per heavy atom. The highest BCUT2D eigenvalue weighted by Crippen LogP contribution is 2.48. The third-order valence-corrected chi connectivity index (χ3v) is 7.33. The van der Waals surface area contributed by atoms with Crippen LogP contribution in [0.5, 0.6) is 0 Å². The average molecular weight is 643 g/mol. The molecule has 0 saturated carbocycles. The van der Waals surface area contributed by atoms with Crippen molar-refractivity contribution in [2.24, 2.45) is 0 Å². The Morgan fingerprint density at radius 3 is 1.33 bits per heavy atom. The van der Waals surface area contributed by atoms with Crippen LogP contribution in [0.1, 0.15) is 33.4 Å². The number of thioether (sulfide) groups is 1. The van der Waals surface area contributed by atoms with Gasteiger partial charge in [0.25, 0.3) is 0 Å². The fourth-order valence-electron chi connectivity index (χ4n) is 2.67. The first-order valence-corrected chi connectivity index (χ1v) is 12.5. The lowest BCUT2D eigenvalue weighted by molar-refractivity contribution is -0.146. The van der Waals surface area contributed by atoms with E-state index in [1.165, 1.54) is 0 Å². The standard InChI is InChI=1S/C18H6F12S6/c19-15(20,21)5-1-7(13(31)32)11(9(3-5)17(25,26)27)35-14(33)8-2-6(16(22,23)24)4-10(12(8)36-34)18(28,29)30/h1-4,34H,(H,31,32). The molecule has 0 spiro atoms. The molecule has 0 bridgehead atoms. The number of alkyl halides is 12. The number of rotatable bonds is 4. The van der Waals surface area contributed by atoms with Crippen molar-refractivity contribution in [2.75, 3.05) is 0 Å². The zero-order valence-electron chi connectivity index (χ0n) is 16.4. The van der Waals surface area contributed by atoms with Gasteiger partial charge in [-0.3, -0.25) is 0 Å². The summed E-state index contributed by atoms with van der Waals surface area (Å²) in [5.74, 6) is 0. The van der Waals surface area contributed by atoms with E-state index in [2.05, 4.69) is 36.5 Å². The lowest BCUT2D eigenvalue weighted by Crippen LogP contribution is -2.16. The van der Waals surface area contributed by atoms with Crippen molar-refractivity contribution in [3.05, 3.63) is 57.6 Å². The zero-order valence-corrected chi connectivity index (χ0v) is 21.4. The Kier molecular flexibility index (Phi) is 9.37. The van der Waals surface area contributed by atoms with Gasteiger partial charge in [-0.15, -0.1) is 24.3 Å². The highest BCUT2D eigenvalue weighted by molar-refractivity contribution is 8.68. The summed E-state index contributed by atoms with van der Waals surface area (Å²) in [4.78, 5) is -2.03. The molecular formula is C18H6F12S6. The molecule has 2 aromatic rings. The summed E-state index contributed by atoms with van der Waals surface area (Å²) < 4.78 is 159. The Morgan fingerprint density at radius 2 is 1.00 bits per heavy atom. The van der Waals surface area contributed by atoms with Crippen LogP contribution in [-0.4, -0.2) is 8.39 Å². The van der Waals surface area contributed by atoms with Crippen LogP contribution in [0.3, 0.4) is 0 Å². The van der Waals surface area contributed by atoms with E-state index in [0.29, 0.717) is 0 Å². The molecule has 0 aliphatic heterocycles. The molecule has 0 aromatic heterocycles. The van der Waals surface area contributed by atoms with Gasteiger partial charge in [-0.05, 0) is 24.3 Å². The van der Waals surface area contributed by atoms with Gasteiger partial charge in [-0.1, -0.05) is 47.0 Å². The van der Waals surface area contributed by atoms with Crippen molar-refractivity contribution in [3.63, 3.8) is 0 Å². The quantitative estimate of drug-likeness (QED) is 0.112. The Hall–Kier alpha value is -0.820. The van der Waals surface area contributed by atoms with Gasteiger partial charge >= 0.3 is 24.7 Å². The number of thiocarbonyl (C=S) groups is 2. The molecule has 0 amide bonds. The van der Waals surface area contributed by atoms with Crippen molar-refractivity contribution in [1.29, 1.82) is 0 Å². The van der Waals surface area contributed by atoms with Gasteiger partial charge in [0.2, 0.25) is 0 Å². The summed E-state index contributed by atoms with van der Waals surface area (Å²) in [7, 11) is 0.0276. The molecule has 2 aromatic carbocycles. The van der Waals surface area contributed by atoms with Gasteiger partial charge in [0.05, 0.1) is 30.6 Å². The lowest BCUT2D eigenvalue weighted by Gasteiger charge is -2.21. The van der Waals surface area contributed by atoms with E-state index in [9.17, 15) is 52.7 Å². The highest BCUT2D eigenvalue weighted by Gasteiger charge is 2.42. The molecule has 0 saturated heterocycles. The van der Waals surface area contributed by atoms with Crippen molar-refractivity contribution < 1.29 is 52.7 Å². The van der Waals surface area contributed by atoms with Crippen LogP contribution in [0.25, 0.3) is 0 Å². The molecule has 0 radical (unpaired) electrons. The summed E-state index contributed by atoms with van der Waals surface area (Å²) in [6.07, 6.45) is -21.4. The SMILES string of the molecule is FC(F)(F)c1cc(C(=S)S)c(SC(=S)c2cc(C(F)(F)F)cc(C(F)(F)F)c2SS)c(C(F)(F)F)c1. The predicted molar refractivity (Wildman–Crippen MR) is 126 cm³/mol. The van der Waals surface area contributed by atoms with E-state index in [1.807, 2.05) is 0 Å². The van der Waals surface area contributed by atoms with E-state index in [-0.39, 0.29) is 46.8 Å². The second-order valence-electron chi connectivity index (χ2n) is 6.58. The van der Waals surface area contributed by atoms with Crippen LogP contribution in [0, 0.1) is 0 Å². The maximum absolute atomic E-state index is 13.7. The number of hydrogen-bond donors (Lipinski definition) is 2. The molecule has 0 aliphatic carbocycles. The van der Waals surface area contributed by atoms with Crippen molar-refractivity contribution in [1.82, 2.24) is 0 Å². The smallest absolute Gasteiger partial charge is 0.166 e. The Bertz CT molecular complexity index is 1190. The largest absolute Gasteiger partial charge is 0.417 e.